The quantitative estimate of drug-likeness (QED) is 0.915. The molecule has 3 heteroatoms. The summed E-state index contributed by atoms with van der Waals surface area (Å²) in [7, 11) is 0. The fourth-order valence-electron chi connectivity index (χ4n) is 3.37. The number of rotatable bonds is 4. The molecule has 1 aromatic rings. The SMILES string of the molecule is CCNC(c1ccc2c(c1)CC(C)(C)O2)C1CCCO1. The molecule has 0 spiro atoms. The van der Waals surface area contributed by atoms with E-state index < -0.39 is 0 Å². The molecule has 0 radical (unpaired) electrons. The Morgan fingerprint density at radius 1 is 1.40 bits per heavy atom. The third-order valence-corrected chi connectivity index (χ3v) is 4.21. The second-order valence-electron chi connectivity index (χ2n) is 6.49. The molecule has 0 amide bonds. The number of benzene rings is 1. The molecule has 0 bridgehead atoms. The molecule has 0 saturated carbocycles. The van der Waals surface area contributed by atoms with Crippen LogP contribution in [-0.2, 0) is 11.2 Å². The van der Waals surface area contributed by atoms with Crippen molar-refractivity contribution in [3.63, 3.8) is 0 Å². The van der Waals surface area contributed by atoms with Crippen molar-refractivity contribution in [1.82, 2.24) is 5.32 Å². The molecule has 0 aromatic heterocycles. The van der Waals surface area contributed by atoms with Crippen LogP contribution in [0.2, 0.25) is 0 Å². The van der Waals surface area contributed by atoms with E-state index in [2.05, 4.69) is 44.3 Å². The summed E-state index contributed by atoms with van der Waals surface area (Å²) in [6.45, 7) is 8.31. The third-order valence-electron chi connectivity index (χ3n) is 4.21. The molecule has 20 heavy (non-hydrogen) atoms. The van der Waals surface area contributed by atoms with E-state index in [1.807, 2.05) is 0 Å². The minimum absolute atomic E-state index is 0.0709. The Morgan fingerprint density at radius 2 is 2.25 bits per heavy atom. The molecular formula is C17H25NO2. The first-order valence-electron chi connectivity index (χ1n) is 7.76. The molecule has 0 aliphatic carbocycles. The van der Waals surface area contributed by atoms with Crippen LogP contribution in [0.3, 0.4) is 0 Å². The van der Waals surface area contributed by atoms with Gasteiger partial charge in [0.25, 0.3) is 0 Å². The monoisotopic (exact) mass is 275 g/mol. The van der Waals surface area contributed by atoms with Crippen LogP contribution in [0.15, 0.2) is 18.2 Å². The Kier molecular flexibility index (Phi) is 3.74. The predicted molar refractivity (Wildman–Crippen MR) is 80.2 cm³/mol. The fourth-order valence-corrected chi connectivity index (χ4v) is 3.37. The number of hydrogen-bond acceptors (Lipinski definition) is 3. The van der Waals surface area contributed by atoms with Crippen molar-refractivity contribution in [2.75, 3.05) is 13.2 Å². The molecule has 110 valence electrons. The van der Waals surface area contributed by atoms with E-state index in [-0.39, 0.29) is 5.60 Å². The number of fused-ring (bicyclic) bond motifs is 1. The van der Waals surface area contributed by atoms with E-state index in [1.54, 1.807) is 0 Å². The lowest BCUT2D eigenvalue weighted by Crippen LogP contribution is -2.31. The van der Waals surface area contributed by atoms with Crippen LogP contribution in [0.25, 0.3) is 0 Å². The van der Waals surface area contributed by atoms with Gasteiger partial charge in [-0.2, -0.15) is 0 Å². The maximum Gasteiger partial charge on any atom is 0.123 e. The van der Waals surface area contributed by atoms with Crippen LogP contribution >= 0.6 is 0 Å². The second kappa shape index (κ2) is 5.38. The van der Waals surface area contributed by atoms with E-state index in [0.717, 1.165) is 31.7 Å². The molecule has 1 saturated heterocycles. The van der Waals surface area contributed by atoms with Gasteiger partial charge in [0.2, 0.25) is 0 Å². The lowest BCUT2D eigenvalue weighted by molar-refractivity contribution is 0.0788. The minimum Gasteiger partial charge on any atom is -0.487 e. The van der Waals surface area contributed by atoms with Crippen molar-refractivity contribution < 1.29 is 9.47 Å². The topological polar surface area (TPSA) is 30.5 Å². The first-order valence-corrected chi connectivity index (χ1v) is 7.76. The number of likely N-dealkylation sites (N-methyl/N-ethyl adjacent to an activating group) is 1. The van der Waals surface area contributed by atoms with Gasteiger partial charge in [-0.25, -0.2) is 0 Å². The van der Waals surface area contributed by atoms with Crippen LogP contribution < -0.4 is 10.1 Å². The second-order valence-corrected chi connectivity index (χ2v) is 6.49. The molecule has 2 heterocycles. The summed E-state index contributed by atoms with van der Waals surface area (Å²) in [6.07, 6.45) is 3.62. The number of nitrogens with one attached hydrogen (secondary N) is 1. The Morgan fingerprint density at radius 3 is 2.95 bits per heavy atom. The smallest absolute Gasteiger partial charge is 0.123 e. The van der Waals surface area contributed by atoms with Gasteiger partial charge in [0.1, 0.15) is 11.4 Å². The molecule has 1 fully saturated rings. The lowest BCUT2D eigenvalue weighted by Gasteiger charge is -2.24. The molecular weight excluding hydrogens is 250 g/mol. The first-order chi connectivity index (χ1) is 9.59. The highest BCUT2D eigenvalue weighted by Gasteiger charge is 2.32. The zero-order valence-electron chi connectivity index (χ0n) is 12.7. The van der Waals surface area contributed by atoms with Gasteiger partial charge >= 0.3 is 0 Å². The van der Waals surface area contributed by atoms with Gasteiger partial charge in [-0.3, -0.25) is 0 Å². The average Bonchev–Trinajstić information content (AvgIpc) is 3.00. The Bertz CT molecular complexity index is 478. The van der Waals surface area contributed by atoms with Gasteiger partial charge in [0.15, 0.2) is 0 Å². The summed E-state index contributed by atoms with van der Waals surface area (Å²) in [4.78, 5) is 0. The third kappa shape index (κ3) is 2.70. The first kappa shape index (κ1) is 13.9. The maximum absolute atomic E-state index is 5.96. The van der Waals surface area contributed by atoms with Gasteiger partial charge in [-0.05, 0) is 50.4 Å². The van der Waals surface area contributed by atoms with Crippen molar-refractivity contribution >= 4 is 0 Å². The van der Waals surface area contributed by atoms with Gasteiger partial charge < -0.3 is 14.8 Å². The highest BCUT2D eigenvalue weighted by Crippen LogP contribution is 2.37. The maximum atomic E-state index is 5.96. The molecule has 2 atom stereocenters. The zero-order valence-corrected chi connectivity index (χ0v) is 12.7. The normalized spacial score (nSPS) is 25.2. The molecule has 1 aromatic carbocycles. The van der Waals surface area contributed by atoms with E-state index in [4.69, 9.17) is 9.47 Å². The standard InChI is InChI=1S/C17H25NO2/c1-4-18-16(15-6-5-9-19-15)12-7-8-14-13(10-12)11-17(2,3)20-14/h7-8,10,15-16,18H,4-6,9,11H2,1-3H3. The predicted octanol–water partition coefficient (Wildman–Crippen LogP) is 3.23. The van der Waals surface area contributed by atoms with Crippen LogP contribution in [-0.4, -0.2) is 24.9 Å². The van der Waals surface area contributed by atoms with E-state index in [1.165, 1.54) is 17.5 Å². The van der Waals surface area contributed by atoms with Crippen LogP contribution in [0.5, 0.6) is 5.75 Å². The minimum atomic E-state index is -0.0709. The van der Waals surface area contributed by atoms with Crippen molar-refractivity contribution in [1.29, 1.82) is 0 Å². The van der Waals surface area contributed by atoms with Gasteiger partial charge in [-0.15, -0.1) is 0 Å². The summed E-state index contributed by atoms with van der Waals surface area (Å²) < 4.78 is 11.9. The Balaban J connectivity index is 1.85. The summed E-state index contributed by atoms with van der Waals surface area (Å²) in [5.41, 5.74) is 2.59. The summed E-state index contributed by atoms with van der Waals surface area (Å²) in [6, 6.07) is 6.92. The summed E-state index contributed by atoms with van der Waals surface area (Å²) >= 11 is 0. The van der Waals surface area contributed by atoms with Crippen molar-refractivity contribution in [2.45, 2.75) is 57.8 Å². The van der Waals surface area contributed by atoms with Crippen LogP contribution in [0, 0.1) is 0 Å². The molecule has 2 aliphatic heterocycles. The molecule has 3 nitrogen and oxygen atoms in total. The van der Waals surface area contributed by atoms with E-state index in [0.29, 0.717) is 12.1 Å². The van der Waals surface area contributed by atoms with Gasteiger partial charge in [0, 0.05) is 13.0 Å². The highest BCUT2D eigenvalue weighted by atomic mass is 16.5. The number of ether oxygens (including phenoxy) is 2. The summed E-state index contributed by atoms with van der Waals surface area (Å²) in [5, 5.41) is 3.59. The van der Waals surface area contributed by atoms with Crippen molar-refractivity contribution in [2.24, 2.45) is 0 Å². The molecule has 2 unspecified atom stereocenters. The fraction of sp³-hybridized carbons (Fsp3) is 0.647. The summed E-state index contributed by atoms with van der Waals surface area (Å²) in [5.74, 6) is 1.04. The molecule has 3 rings (SSSR count). The Labute approximate surface area is 121 Å². The van der Waals surface area contributed by atoms with Crippen LogP contribution in [0.1, 0.15) is 50.8 Å². The molecule has 1 N–H and O–H groups in total. The Hall–Kier alpha value is -1.06. The average molecular weight is 275 g/mol. The zero-order chi connectivity index (χ0) is 14.2. The van der Waals surface area contributed by atoms with Gasteiger partial charge in [-0.1, -0.05) is 19.1 Å². The largest absolute Gasteiger partial charge is 0.487 e. The van der Waals surface area contributed by atoms with Gasteiger partial charge in [0.05, 0.1) is 12.1 Å². The van der Waals surface area contributed by atoms with E-state index in [9.17, 15) is 0 Å². The van der Waals surface area contributed by atoms with E-state index >= 15 is 0 Å². The van der Waals surface area contributed by atoms with Crippen molar-refractivity contribution in [3.05, 3.63) is 29.3 Å². The number of hydrogen-bond donors (Lipinski definition) is 1. The van der Waals surface area contributed by atoms with Crippen LogP contribution in [0.4, 0.5) is 0 Å². The van der Waals surface area contributed by atoms with Crippen molar-refractivity contribution in [3.8, 4) is 5.75 Å². The highest BCUT2D eigenvalue weighted by molar-refractivity contribution is 5.43. The lowest BCUT2D eigenvalue weighted by atomic mass is 9.94. The molecule has 2 aliphatic rings.